The van der Waals surface area contributed by atoms with E-state index in [1.807, 2.05) is 4.90 Å². The van der Waals surface area contributed by atoms with Crippen molar-refractivity contribution < 1.29 is 14.7 Å². The summed E-state index contributed by atoms with van der Waals surface area (Å²) in [6.45, 7) is 6.10. The van der Waals surface area contributed by atoms with Gasteiger partial charge in [-0.05, 0) is 19.3 Å². The number of hydrogen-bond donors (Lipinski definition) is 1. The van der Waals surface area contributed by atoms with Crippen LogP contribution in [0, 0.1) is 0 Å². The van der Waals surface area contributed by atoms with Crippen molar-refractivity contribution in [2.45, 2.75) is 110 Å². The second-order valence-corrected chi connectivity index (χ2v) is 7.16. The molecule has 1 N–H and O–H groups in total. The van der Waals surface area contributed by atoms with Gasteiger partial charge in [0.2, 0.25) is 5.91 Å². The van der Waals surface area contributed by atoms with Crippen LogP contribution in [-0.4, -0.2) is 35.0 Å². The molecule has 0 aromatic rings. The highest BCUT2D eigenvalue weighted by Crippen LogP contribution is 2.11. The SMILES string of the molecule is CCCCCCCCCCN(CCCCCC)C(=O)CCCC(=O)O. The van der Waals surface area contributed by atoms with E-state index in [0.717, 1.165) is 25.9 Å². The maximum Gasteiger partial charge on any atom is 0.303 e. The number of carbonyl (C=O) groups is 2. The summed E-state index contributed by atoms with van der Waals surface area (Å²) in [5, 5.41) is 8.72. The van der Waals surface area contributed by atoms with Crippen LogP contribution in [0.15, 0.2) is 0 Å². The molecule has 0 spiro atoms. The van der Waals surface area contributed by atoms with Gasteiger partial charge in [0.1, 0.15) is 0 Å². The maximum atomic E-state index is 12.4. The minimum atomic E-state index is -0.814. The quantitative estimate of drug-likeness (QED) is 0.317. The predicted octanol–water partition coefficient (Wildman–Crippen LogP) is 5.79. The van der Waals surface area contributed by atoms with Crippen molar-refractivity contribution in [3.05, 3.63) is 0 Å². The second-order valence-electron chi connectivity index (χ2n) is 7.16. The van der Waals surface area contributed by atoms with Crippen molar-refractivity contribution in [2.75, 3.05) is 13.1 Å². The Hall–Kier alpha value is -1.06. The van der Waals surface area contributed by atoms with Crippen molar-refractivity contribution >= 4 is 11.9 Å². The molecule has 0 heterocycles. The van der Waals surface area contributed by atoms with E-state index in [1.54, 1.807) is 0 Å². The minimum Gasteiger partial charge on any atom is -0.481 e. The molecule has 0 radical (unpaired) electrons. The van der Waals surface area contributed by atoms with E-state index in [-0.39, 0.29) is 12.3 Å². The van der Waals surface area contributed by atoms with Crippen molar-refractivity contribution in [1.82, 2.24) is 4.90 Å². The summed E-state index contributed by atoms with van der Waals surface area (Å²) in [6, 6.07) is 0. The molecule has 0 rings (SSSR count). The largest absolute Gasteiger partial charge is 0.481 e. The molecule has 1 amide bonds. The first-order valence-electron chi connectivity index (χ1n) is 10.6. The Kier molecular flexibility index (Phi) is 17.0. The highest BCUT2D eigenvalue weighted by Gasteiger charge is 2.13. The third-order valence-corrected chi connectivity index (χ3v) is 4.70. The molecule has 0 aromatic heterocycles. The Bertz CT molecular complexity index is 331. The molecule has 148 valence electrons. The van der Waals surface area contributed by atoms with Gasteiger partial charge < -0.3 is 10.0 Å². The van der Waals surface area contributed by atoms with Crippen LogP contribution < -0.4 is 0 Å². The number of hydrogen-bond acceptors (Lipinski definition) is 2. The summed E-state index contributed by atoms with van der Waals surface area (Å²) >= 11 is 0. The minimum absolute atomic E-state index is 0.0905. The molecule has 4 heteroatoms. The molecule has 0 aromatic carbocycles. The molecular weight excluding hydrogens is 314 g/mol. The van der Waals surface area contributed by atoms with E-state index in [2.05, 4.69) is 13.8 Å². The fraction of sp³-hybridized carbons (Fsp3) is 0.905. The van der Waals surface area contributed by atoms with Crippen LogP contribution in [-0.2, 0) is 9.59 Å². The first-order valence-corrected chi connectivity index (χ1v) is 10.6. The molecule has 0 fully saturated rings. The summed E-state index contributed by atoms with van der Waals surface area (Å²) in [6.07, 6.45) is 15.7. The fourth-order valence-corrected chi connectivity index (χ4v) is 3.08. The van der Waals surface area contributed by atoms with Crippen LogP contribution in [0.25, 0.3) is 0 Å². The van der Waals surface area contributed by atoms with Gasteiger partial charge in [-0.15, -0.1) is 0 Å². The number of carboxylic acids is 1. The number of nitrogens with zero attached hydrogens (tertiary/aromatic N) is 1. The Morgan fingerprint density at radius 1 is 0.640 bits per heavy atom. The number of aliphatic carboxylic acids is 1. The number of amides is 1. The molecule has 0 aliphatic carbocycles. The standard InChI is InChI=1S/C21H41NO3/c1-3-5-7-9-10-11-12-14-19-22(18-13-8-6-4-2)20(23)16-15-17-21(24)25/h3-19H2,1-2H3,(H,24,25). The van der Waals surface area contributed by atoms with Crippen LogP contribution in [0.4, 0.5) is 0 Å². The number of carboxylic acid groups (broad SMARTS) is 1. The molecule has 0 aliphatic heterocycles. The van der Waals surface area contributed by atoms with Gasteiger partial charge in [-0.2, -0.15) is 0 Å². The topological polar surface area (TPSA) is 57.6 Å². The zero-order valence-corrected chi connectivity index (χ0v) is 16.7. The average molecular weight is 356 g/mol. The summed E-state index contributed by atoms with van der Waals surface area (Å²) < 4.78 is 0. The van der Waals surface area contributed by atoms with Gasteiger partial charge in [0.25, 0.3) is 0 Å². The van der Waals surface area contributed by atoms with Crippen molar-refractivity contribution in [3.8, 4) is 0 Å². The van der Waals surface area contributed by atoms with E-state index in [0.29, 0.717) is 12.8 Å². The lowest BCUT2D eigenvalue weighted by molar-refractivity contribution is -0.137. The molecule has 25 heavy (non-hydrogen) atoms. The monoisotopic (exact) mass is 355 g/mol. The fourth-order valence-electron chi connectivity index (χ4n) is 3.08. The molecule has 0 saturated carbocycles. The van der Waals surface area contributed by atoms with Gasteiger partial charge in [0.05, 0.1) is 0 Å². The van der Waals surface area contributed by atoms with Gasteiger partial charge >= 0.3 is 5.97 Å². The highest BCUT2D eigenvalue weighted by molar-refractivity contribution is 5.77. The van der Waals surface area contributed by atoms with Gasteiger partial charge in [-0.1, -0.05) is 78.1 Å². The Morgan fingerprint density at radius 3 is 1.56 bits per heavy atom. The van der Waals surface area contributed by atoms with Gasteiger partial charge in [0, 0.05) is 25.9 Å². The third kappa shape index (κ3) is 16.2. The summed E-state index contributed by atoms with van der Waals surface area (Å²) in [4.78, 5) is 24.9. The van der Waals surface area contributed by atoms with Crippen molar-refractivity contribution in [3.63, 3.8) is 0 Å². The molecule has 0 atom stereocenters. The summed E-state index contributed by atoms with van der Waals surface area (Å²) in [5.41, 5.74) is 0. The molecule has 4 nitrogen and oxygen atoms in total. The van der Waals surface area contributed by atoms with Crippen LogP contribution in [0.3, 0.4) is 0 Å². The third-order valence-electron chi connectivity index (χ3n) is 4.70. The first kappa shape index (κ1) is 23.9. The van der Waals surface area contributed by atoms with Crippen LogP contribution in [0.2, 0.25) is 0 Å². The number of carbonyl (C=O) groups excluding carboxylic acids is 1. The lowest BCUT2D eigenvalue weighted by atomic mass is 10.1. The molecule has 0 aliphatic rings. The van der Waals surface area contributed by atoms with E-state index in [4.69, 9.17) is 5.11 Å². The van der Waals surface area contributed by atoms with E-state index in [9.17, 15) is 9.59 Å². The molecule has 0 bridgehead atoms. The zero-order chi connectivity index (χ0) is 18.8. The van der Waals surface area contributed by atoms with Crippen molar-refractivity contribution in [2.24, 2.45) is 0 Å². The van der Waals surface area contributed by atoms with Gasteiger partial charge in [0.15, 0.2) is 0 Å². The van der Waals surface area contributed by atoms with E-state index >= 15 is 0 Å². The van der Waals surface area contributed by atoms with Gasteiger partial charge in [-0.25, -0.2) is 0 Å². The first-order chi connectivity index (χ1) is 12.1. The Morgan fingerprint density at radius 2 is 1.08 bits per heavy atom. The number of unbranched alkanes of at least 4 members (excludes halogenated alkanes) is 10. The molecule has 0 saturated heterocycles. The summed E-state index contributed by atoms with van der Waals surface area (Å²) in [5.74, 6) is -0.675. The van der Waals surface area contributed by atoms with Crippen molar-refractivity contribution in [1.29, 1.82) is 0 Å². The van der Waals surface area contributed by atoms with Crippen LogP contribution >= 0.6 is 0 Å². The predicted molar refractivity (Wildman–Crippen MR) is 105 cm³/mol. The van der Waals surface area contributed by atoms with Crippen LogP contribution in [0.5, 0.6) is 0 Å². The summed E-state index contributed by atoms with van der Waals surface area (Å²) in [7, 11) is 0. The van der Waals surface area contributed by atoms with Gasteiger partial charge in [-0.3, -0.25) is 9.59 Å². The average Bonchev–Trinajstić information content (AvgIpc) is 2.58. The lowest BCUT2D eigenvalue weighted by Gasteiger charge is -2.23. The van der Waals surface area contributed by atoms with E-state index < -0.39 is 5.97 Å². The molecular formula is C21H41NO3. The Labute approximate surface area is 155 Å². The van der Waals surface area contributed by atoms with Crippen LogP contribution in [0.1, 0.15) is 110 Å². The van der Waals surface area contributed by atoms with E-state index in [1.165, 1.54) is 64.2 Å². The maximum absolute atomic E-state index is 12.4. The normalized spacial score (nSPS) is 10.8. The lowest BCUT2D eigenvalue weighted by Crippen LogP contribution is -2.33. The number of rotatable bonds is 18. The second kappa shape index (κ2) is 17.8. The zero-order valence-electron chi connectivity index (χ0n) is 16.7. The smallest absolute Gasteiger partial charge is 0.303 e. The Balaban J connectivity index is 3.98. The molecule has 0 unspecified atom stereocenters. The highest BCUT2D eigenvalue weighted by atomic mass is 16.4.